The largest absolute Gasteiger partial charge is 0.490 e. The molecule has 3 aromatic rings. The van der Waals surface area contributed by atoms with E-state index in [-0.39, 0.29) is 24.4 Å². The molecule has 2 amide bonds. The number of carbonyl (C=O) groups excluding carboxylic acids is 2. The molecule has 10 heteroatoms. The molecule has 1 heterocycles. The summed E-state index contributed by atoms with van der Waals surface area (Å²) < 4.78 is 43.9. The zero-order valence-electron chi connectivity index (χ0n) is 19.7. The molecular formula is C27H23F3N2O4S. The van der Waals surface area contributed by atoms with E-state index in [0.717, 1.165) is 40.6 Å². The number of nitrogens with one attached hydrogen (secondary N) is 1. The second-order valence-corrected chi connectivity index (χ2v) is 9.42. The molecule has 3 aromatic carbocycles. The molecule has 4 rings (SSSR count). The summed E-state index contributed by atoms with van der Waals surface area (Å²) in [6.07, 6.45) is -3.89. The molecule has 37 heavy (non-hydrogen) atoms. The average Bonchev–Trinajstić information content (AvgIpc) is 3.20. The van der Waals surface area contributed by atoms with Crippen LogP contribution in [0.2, 0.25) is 0 Å². The normalized spacial score (nSPS) is 16.0. The van der Waals surface area contributed by atoms with Gasteiger partial charge >= 0.3 is 6.18 Å². The van der Waals surface area contributed by atoms with Crippen LogP contribution < -0.4 is 10.1 Å². The first-order valence-corrected chi connectivity index (χ1v) is 12.2. The van der Waals surface area contributed by atoms with E-state index in [1.165, 1.54) is 12.1 Å². The van der Waals surface area contributed by atoms with Crippen LogP contribution in [0.15, 0.2) is 78.0 Å². The van der Waals surface area contributed by atoms with Crippen molar-refractivity contribution < 1.29 is 32.3 Å². The fourth-order valence-corrected chi connectivity index (χ4v) is 4.47. The lowest BCUT2D eigenvalue weighted by molar-refractivity contribution is -0.137. The summed E-state index contributed by atoms with van der Waals surface area (Å²) in [6.45, 7) is 2.30. The Morgan fingerprint density at radius 1 is 0.919 bits per heavy atom. The van der Waals surface area contributed by atoms with Gasteiger partial charge in [0.15, 0.2) is 6.61 Å². The van der Waals surface area contributed by atoms with Gasteiger partial charge in [0.1, 0.15) is 12.4 Å². The van der Waals surface area contributed by atoms with Crippen LogP contribution in [0.1, 0.15) is 23.6 Å². The quantitative estimate of drug-likeness (QED) is 0.207. The molecule has 0 bridgehead atoms. The smallest absolute Gasteiger partial charge is 0.416 e. The van der Waals surface area contributed by atoms with Crippen molar-refractivity contribution in [3.63, 3.8) is 0 Å². The standard InChI is InChI=1S/C27H23F3N2O4S/c1-17(19-4-6-20(7-5-19)21-8-10-22(11-9-21)27(28,29)30)32-36-15-14-35-23-12-2-18(3-13-23)16-24-25(33)31-26(34)37-24/h2-13,24H,14-16H2,1H3,(H,31,33,34)/b32-17-. The summed E-state index contributed by atoms with van der Waals surface area (Å²) >= 11 is 0.999. The van der Waals surface area contributed by atoms with Gasteiger partial charge in [-0.05, 0) is 59.9 Å². The first-order valence-electron chi connectivity index (χ1n) is 11.4. The first kappa shape index (κ1) is 26.3. The summed E-state index contributed by atoms with van der Waals surface area (Å²) in [6, 6.07) is 19.6. The van der Waals surface area contributed by atoms with E-state index in [1.807, 2.05) is 36.4 Å². The van der Waals surface area contributed by atoms with Crippen LogP contribution in [0.4, 0.5) is 18.0 Å². The van der Waals surface area contributed by atoms with E-state index in [0.29, 0.717) is 23.4 Å². The Labute approximate surface area is 215 Å². The van der Waals surface area contributed by atoms with Crippen LogP contribution >= 0.6 is 11.8 Å². The van der Waals surface area contributed by atoms with Gasteiger partial charge in [-0.3, -0.25) is 14.9 Å². The Hall–Kier alpha value is -3.79. The predicted octanol–water partition coefficient (Wildman–Crippen LogP) is 6.09. The summed E-state index contributed by atoms with van der Waals surface area (Å²) in [7, 11) is 0. The molecule has 0 radical (unpaired) electrons. The number of benzene rings is 3. The monoisotopic (exact) mass is 528 g/mol. The van der Waals surface area contributed by atoms with E-state index in [1.54, 1.807) is 19.1 Å². The summed E-state index contributed by atoms with van der Waals surface area (Å²) in [5.74, 6) is 0.380. The molecule has 192 valence electrons. The first-order chi connectivity index (χ1) is 17.7. The zero-order chi connectivity index (χ0) is 26.4. The number of halogens is 3. The van der Waals surface area contributed by atoms with Gasteiger partial charge in [-0.15, -0.1) is 0 Å². The molecule has 1 atom stereocenters. The molecule has 0 aliphatic carbocycles. The van der Waals surface area contributed by atoms with E-state index in [2.05, 4.69) is 10.5 Å². The molecule has 1 aliphatic rings. The number of amides is 2. The highest BCUT2D eigenvalue weighted by atomic mass is 32.2. The minimum Gasteiger partial charge on any atom is -0.490 e. The van der Waals surface area contributed by atoms with Gasteiger partial charge in [0.05, 0.1) is 16.5 Å². The second kappa shape index (κ2) is 11.5. The molecule has 0 spiro atoms. The Morgan fingerprint density at radius 3 is 2.11 bits per heavy atom. The van der Waals surface area contributed by atoms with Gasteiger partial charge in [-0.2, -0.15) is 13.2 Å². The molecule has 1 aliphatic heterocycles. The number of ether oxygens (including phenoxy) is 1. The third-order valence-electron chi connectivity index (χ3n) is 5.60. The van der Waals surface area contributed by atoms with E-state index < -0.39 is 17.0 Å². The molecule has 6 nitrogen and oxygen atoms in total. The van der Waals surface area contributed by atoms with Crippen LogP contribution in [0, 0.1) is 0 Å². The van der Waals surface area contributed by atoms with Crippen molar-refractivity contribution in [2.45, 2.75) is 24.8 Å². The van der Waals surface area contributed by atoms with E-state index >= 15 is 0 Å². The van der Waals surface area contributed by atoms with Crippen molar-refractivity contribution in [2.75, 3.05) is 13.2 Å². The molecule has 1 saturated heterocycles. The van der Waals surface area contributed by atoms with Crippen molar-refractivity contribution in [1.29, 1.82) is 0 Å². The number of hydrogen-bond acceptors (Lipinski definition) is 6. The minimum atomic E-state index is -4.36. The van der Waals surface area contributed by atoms with Crippen molar-refractivity contribution in [3.8, 4) is 16.9 Å². The summed E-state index contributed by atoms with van der Waals surface area (Å²) in [4.78, 5) is 28.3. The Kier molecular flexibility index (Phi) is 8.17. The number of imide groups is 1. The number of hydrogen-bond donors (Lipinski definition) is 1. The van der Waals surface area contributed by atoms with Crippen molar-refractivity contribution in [1.82, 2.24) is 5.32 Å². The number of thioether (sulfide) groups is 1. The van der Waals surface area contributed by atoms with Crippen LogP contribution in [0.5, 0.6) is 5.75 Å². The van der Waals surface area contributed by atoms with Gasteiger partial charge in [0.2, 0.25) is 5.91 Å². The van der Waals surface area contributed by atoms with Gasteiger partial charge in [-0.1, -0.05) is 65.4 Å². The minimum absolute atomic E-state index is 0.226. The highest BCUT2D eigenvalue weighted by Gasteiger charge is 2.31. The summed E-state index contributed by atoms with van der Waals surface area (Å²) in [5.41, 5.74) is 3.20. The molecule has 0 aromatic heterocycles. The molecule has 0 saturated carbocycles. The molecule has 1 unspecified atom stereocenters. The summed E-state index contributed by atoms with van der Waals surface area (Å²) in [5, 5.41) is 5.65. The maximum atomic E-state index is 12.7. The number of oxime groups is 1. The van der Waals surface area contributed by atoms with Gasteiger partial charge in [0, 0.05) is 0 Å². The topological polar surface area (TPSA) is 77.0 Å². The van der Waals surface area contributed by atoms with Gasteiger partial charge < -0.3 is 9.57 Å². The lowest BCUT2D eigenvalue weighted by atomic mass is 10.0. The lowest BCUT2D eigenvalue weighted by Crippen LogP contribution is -2.25. The van der Waals surface area contributed by atoms with Crippen LogP contribution in [0.3, 0.4) is 0 Å². The third-order valence-corrected chi connectivity index (χ3v) is 6.59. The number of alkyl halides is 3. The number of rotatable bonds is 9. The molecule has 1 fully saturated rings. The lowest BCUT2D eigenvalue weighted by Gasteiger charge is -2.09. The Morgan fingerprint density at radius 2 is 1.54 bits per heavy atom. The van der Waals surface area contributed by atoms with Crippen molar-refractivity contribution in [3.05, 3.63) is 89.5 Å². The molecule has 1 N–H and O–H groups in total. The fraction of sp³-hybridized carbons (Fsp3) is 0.222. The van der Waals surface area contributed by atoms with Crippen molar-refractivity contribution in [2.24, 2.45) is 5.16 Å². The Bertz CT molecular complexity index is 1280. The van der Waals surface area contributed by atoms with Crippen molar-refractivity contribution >= 4 is 28.6 Å². The fourth-order valence-electron chi connectivity index (χ4n) is 3.61. The van der Waals surface area contributed by atoms with Crippen LogP contribution in [-0.4, -0.2) is 35.3 Å². The third kappa shape index (κ3) is 7.13. The van der Waals surface area contributed by atoms with Gasteiger partial charge in [-0.25, -0.2) is 0 Å². The van der Waals surface area contributed by atoms with Crippen LogP contribution in [0.25, 0.3) is 11.1 Å². The van der Waals surface area contributed by atoms with E-state index in [9.17, 15) is 22.8 Å². The Balaban J connectivity index is 1.22. The van der Waals surface area contributed by atoms with E-state index in [4.69, 9.17) is 9.57 Å². The maximum Gasteiger partial charge on any atom is 0.416 e. The second-order valence-electron chi connectivity index (χ2n) is 8.24. The van der Waals surface area contributed by atoms with Gasteiger partial charge in [0.25, 0.3) is 5.24 Å². The highest BCUT2D eigenvalue weighted by molar-refractivity contribution is 8.15. The maximum absolute atomic E-state index is 12.7. The highest BCUT2D eigenvalue weighted by Crippen LogP contribution is 2.31. The zero-order valence-corrected chi connectivity index (χ0v) is 20.6. The predicted molar refractivity (Wildman–Crippen MR) is 136 cm³/mol. The molecular weight excluding hydrogens is 505 g/mol. The average molecular weight is 529 g/mol. The van der Waals surface area contributed by atoms with Crippen LogP contribution in [-0.2, 0) is 22.2 Å². The number of carbonyl (C=O) groups is 2. The number of nitrogens with zero attached hydrogens (tertiary/aromatic N) is 1. The SMILES string of the molecule is C/C(=N/OCCOc1ccc(CC2SC(=O)NC2=O)cc1)c1ccc(-c2ccc(C(F)(F)F)cc2)cc1.